The normalized spacial score (nSPS) is 30.9. The molecule has 1 aromatic heterocycles. The lowest BCUT2D eigenvalue weighted by atomic mass is 10.1. The first-order chi connectivity index (χ1) is 9.58. The summed E-state index contributed by atoms with van der Waals surface area (Å²) in [5.41, 5.74) is 1.55. The highest BCUT2D eigenvalue weighted by Crippen LogP contribution is 2.18. The second-order valence-electron chi connectivity index (χ2n) is 4.91. The third kappa shape index (κ3) is 2.89. The number of hydrogen-bond acceptors (Lipinski definition) is 7. The molecular formula is C12H20N4O4. The van der Waals surface area contributed by atoms with Crippen LogP contribution in [0.4, 0.5) is 0 Å². The van der Waals surface area contributed by atoms with Gasteiger partial charge >= 0.3 is 0 Å². The van der Waals surface area contributed by atoms with Crippen molar-refractivity contribution in [2.24, 2.45) is 0 Å². The summed E-state index contributed by atoms with van der Waals surface area (Å²) in [6, 6.07) is -0.972. The largest absolute Gasteiger partial charge is 0.395 e. The van der Waals surface area contributed by atoms with Crippen LogP contribution in [-0.2, 0) is 6.54 Å². The average molecular weight is 284 g/mol. The zero-order valence-corrected chi connectivity index (χ0v) is 11.2. The van der Waals surface area contributed by atoms with Gasteiger partial charge in [-0.2, -0.15) is 0 Å². The number of hydrogen-bond donors (Lipinski definition) is 5. The van der Waals surface area contributed by atoms with Gasteiger partial charge in [0.05, 0.1) is 55.9 Å². The maximum absolute atomic E-state index is 9.95. The lowest BCUT2D eigenvalue weighted by Crippen LogP contribution is -2.38. The van der Waals surface area contributed by atoms with Crippen molar-refractivity contribution in [3.05, 3.63) is 18.0 Å². The van der Waals surface area contributed by atoms with Crippen molar-refractivity contribution in [3.63, 3.8) is 0 Å². The molecule has 1 aromatic rings. The fraction of sp³-hybridized carbons (Fsp3) is 0.667. The molecule has 1 aliphatic heterocycles. The third-order valence-electron chi connectivity index (χ3n) is 3.59. The number of aliphatic hydroxyl groups excluding tert-OH is 4. The van der Waals surface area contributed by atoms with E-state index < -0.39 is 24.3 Å². The van der Waals surface area contributed by atoms with Gasteiger partial charge in [0.1, 0.15) is 0 Å². The highest BCUT2D eigenvalue weighted by molar-refractivity contribution is 5.59. The van der Waals surface area contributed by atoms with Crippen LogP contribution < -0.4 is 5.32 Å². The Morgan fingerprint density at radius 2 is 2.05 bits per heavy atom. The van der Waals surface area contributed by atoms with Crippen LogP contribution in [0, 0.1) is 0 Å². The Hall–Kier alpha value is -1.32. The maximum atomic E-state index is 9.95. The quantitative estimate of drug-likeness (QED) is 0.413. The molecule has 8 heteroatoms. The lowest BCUT2D eigenvalue weighted by molar-refractivity contribution is 0.0175. The molecule has 0 aliphatic carbocycles. The van der Waals surface area contributed by atoms with Crippen LogP contribution in [-0.4, -0.2) is 72.9 Å². The molecule has 112 valence electrons. The number of nitrogens with zero attached hydrogens (tertiary/aromatic N) is 3. The predicted molar refractivity (Wildman–Crippen MR) is 70.6 cm³/mol. The van der Waals surface area contributed by atoms with Crippen LogP contribution >= 0.6 is 0 Å². The number of nitrogens with one attached hydrogen (secondary N) is 1. The van der Waals surface area contributed by atoms with E-state index in [1.165, 1.54) is 0 Å². The van der Waals surface area contributed by atoms with Crippen LogP contribution in [0.25, 0.3) is 5.57 Å². The summed E-state index contributed by atoms with van der Waals surface area (Å²) in [5, 5.41) is 48.5. The minimum absolute atomic E-state index is 0.0768. The van der Waals surface area contributed by atoms with E-state index in [2.05, 4.69) is 15.6 Å². The van der Waals surface area contributed by atoms with Gasteiger partial charge in [-0.25, -0.2) is 4.68 Å². The molecule has 5 N–H and O–H groups in total. The van der Waals surface area contributed by atoms with E-state index in [0.29, 0.717) is 6.54 Å². The SMILES string of the molecule is C/C(=C\CO)c1cnnn1C[C@H]1N[C@H](CO)[C@@H](O)[C@@H]1O. The molecule has 2 heterocycles. The van der Waals surface area contributed by atoms with E-state index in [0.717, 1.165) is 11.3 Å². The first kappa shape index (κ1) is 15.1. The summed E-state index contributed by atoms with van der Waals surface area (Å²) in [5.74, 6) is 0. The molecular weight excluding hydrogens is 264 g/mol. The molecule has 0 bridgehead atoms. The molecule has 2 rings (SSSR count). The average Bonchev–Trinajstić information content (AvgIpc) is 2.99. The summed E-state index contributed by atoms with van der Waals surface area (Å²) in [6.07, 6.45) is 1.22. The van der Waals surface area contributed by atoms with Gasteiger partial charge in [0, 0.05) is 0 Å². The van der Waals surface area contributed by atoms with Crippen molar-refractivity contribution in [3.8, 4) is 0 Å². The molecule has 0 spiro atoms. The van der Waals surface area contributed by atoms with E-state index >= 15 is 0 Å². The fourth-order valence-corrected chi connectivity index (χ4v) is 2.40. The van der Waals surface area contributed by atoms with Gasteiger partial charge in [0.15, 0.2) is 0 Å². The maximum Gasteiger partial charge on any atom is 0.0990 e. The smallest absolute Gasteiger partial charge is 0.0990 e. The van der Waals surface area contributed by atoms with Crippen molar-refractivity contribution in [2.75, 3.05) is 13.2 Å². The van der Waals surface area contributed by atoms with Gasteiger partial charge in [0.25, 0.3) is 0 Å². The van der Waals surface area contributed by atoms with Crippen LogP contribution in [0.3, 0.4) is 0 Å². The Balaban J connectivity index is 2.12. The van der Waals surface area contributed by atoms with Crippen LogP contribution in [0.1, 0.15) is 12.6 Å². The Morgan fingerprint density at radius 1 is 1.35 bits per heavy atom. The molecule has 0 saturated carbocycles. The van der Waals surface area contributed by atoms with Crippen LogP contribution in [0.15, 0.2) is 12.3 Å². The lowest BCUT2D eigenvalue weighted by Gasteiger charge is -2.17. The van der Waals surface area contributed by atoms with Crippen LogP contribution in [0.5, 0.6) is 0 Å². The van der Waals surface area contributed by atoms with Crippen molar-refractivity contribution in [1.29, 1.82) is 0 Å². The van der Waals surface area contributed by atoms with E-state index in [1.54, 1.807) is 17.0 Å². The van der Waals surface area contributed by atoms with E-state index in [-0.39, 0.29) is 13.2 Å². The standard InChI is InChI=1S/C12H20N4O4/c1-7(2-3-17)10-4-13-15-16(10)5-8-11(19)12(20)9(6-18)14-8/h2,4,8-9,11-12,14,17-20H,3,5-6H2,1H3/b7-2+/t8-,9-,11-,12-/m1/s1. The monoisotopic (exact) mass is 284 g/mol. The second-order valence-corrected chi connectivity index (χ2v) is 4.91. The molecule has 1 aliphatic rings. The molecule has 8 nitrogen and oxygen atoms in total. The van der Waals surface area contributed by atoms with Gasteiger partial charge in [-0.3, -0.25) is 0 Å². The first-order valence-corrected chi connectivity index (χ1v) is 6.48. The van der Waals surface area contributed by atoms with E-state index in [1.807, 2.05) is 6.92 Å². The molecule has 4 atom stereocenters. The summed E-state index contributed by atoms with van der Waals surface area (Å²) in [4.78, 5) is 0. The summed E-state index contributed by atoms with van der Waals surface area (Å²) >= 11 is 0. The van der Waals surface area contributed by atoms with Gasteiger partial charge in [-0.1, -0.05) is 11.3 Å². The Labute approximate surface area is 116 Å². The van der Waals surface area contributed by atoms with Crippen molar-refractivity contribution >= 4 is 5.57 Å². The number of allylic oxidation sites excluding steroid dienone is 1. The topological polar surface area (TPSA) is 124 Å². The second kappa shape index (κ2) is 6.42. The van der Waals surface area contributed by atoms with Gasteiger partial charge in [-0.15, -0.1) is 5.10 Å². The minimum atomic E-state index is -1.01. The first-order valence-electron chi connectivity index (χ1n) is 6.48. The van der Waals surface area contributed by atoms with Gasteiger partial charge < -0.3 is 25.7 Å². The number of aliphatic hydroxyl groups is 4. The predicted octanol–water partition coefficient (Wildman–Crippen LogP) is -2.27. The molecule has 0 amide bonds. The molecule has 0 unspecified atom stereocenters. The Kier molecular flexibility index (Phi) is 4.84. The minimum Gasteiger partial charge on any atom is -0.395 e. The van der Waals surface area contributed by atoms with Crippen molar-refractivity contribution in [1.82, 2.24) is 20.3 Å². The molecule has 1 fully saturated rings. The summed E-state index contributed by atoms with van der Waals surface area (Å²) < 4.78 is 1.59. The zero-order valence-electron chi connectivity index (χ0n) is 11.2. The Morgan fingerprint density at radius 3 is 2.65 bits per heavy atom. The third-order valence-corrected chi connectivity index (χ3v) is 3.59. The molecule has 1 saturated heterocycles. The van der Waals surface area contributed by atoms with Crippen LogP contribution in [0.2, 0.25) is 0 Å². The molecule has 20 heavy (non-hydrogen) atoms. The van der Waals surface area contributed by atoms with Crippen molar-refractivity contribution < 1.29 is 20.4 Å². The molecule has 0 aromatic carbocycles. The van der Waals surface area contributed by atoms with E-state index in [9.17, 15) is 10.2 Å². The fourth-order valence-electron chi connectivity index (χ4n) is 2.40. The number of aromatic nitrogens is 3. The van der Waals surface area contributed by atoms with Gasteiger partial charge in [0.2, 0.25) is 0 Å². The zero-order chi connectivity index (χ0) is 14.7. The molecule has 0 radical (unpaired) electrons. The van der Waals surface area contributed by atoms with Crippen molar-refractivity contribution in [2.45, 2.75) is 37.8 Å². The summed E-state index contributed by atoms with van der Waals surface area (Å²) in [6.45, 7) is 1.81. The highest BCUT2D eigenvalue weighted by atomic mass is 16.3. The highest BCUT2D eigenvalue weighted by Gasteiger charge is 2.40. The van der Waals surface area contributed by atoms with E-state index in [4.69, 9.17) is 10.2 Å². The Bertz CT molecular complexity index is 476. The van der Waals surface area contributed by atoms with Gasteiger partial charge in [-0.05, 0) is 12.5 Å². The summed E-state index contributed by atoms with van der Waals surface area (Å²) in [7, 11) is 0. The number of rotatable bonds is 5.